The third-order valence-electron chi connectivity index (χ3n) is 3.13. The van der Waals surface area contributed by atoms with Gasteiger partial charge in [-0.2, -0.15) is 0 Å². The molecule has 8 heteroatoms. The monoisotopic (exact) mass is 386 g/mol. The van der Waals surface area contributed by atoms with Gasteiger partial charge in [-0.1, -0.05) is 23.2 Å². The second-order valence-corrected chi connectivity index (χ2v) is 5.86. The van der Waals surface area contributed by atoms with Crippen LogP contribution < -0.4 is 24.8 Å². The van der Waals surface area contributed by atoms with Gasteiger partial charge in [0.25, 0.3) is 0 Å². The lowest BCUT2D eigenvalue weighted by Crippen LogP contribution is -2.20. The van der Waals surface area contributed by atoms with Gasteiger partial charge in [0.15, 0.2) is 5.11 Å². The quantitative estimate of drug-likeness (QED) is 0.717. The molecule has 0 unspecified atom stereocenters. The van der Waals surface area contributed by atoms with E-state index >= 15 is 0 Å². The van der Waals surface area contributed by atoms with Crippen LogP contribution >= 0.6 is 35.4 Å². The molecule has 0 saturated carbocycles. The van der Waals surface area contributed by atoms with Gasteiger partial charge in [0.1, 0.15) is 17.2 Å². The third-order valence-corrected chi connectivity index (χ3v) is 3.87. The van der Waals surface area contributed by atoms with Crippen molar-refractivity contribution >= 4 is 51.9 Å². The van der Waals surface area contributed by atoms with Gasteiger partial charge in [0.05, 0.1) is 37.7 Å². The van der Waals surface area contributed by atoms with E-state index in [0.717, 1.165) is 0 Å². The minimum absolute atomic E-state index is 0.332. The van der Waals surface area contributed by atoms with Crippen LogP contribution in [0, 0.1) is 0 Å². The molecule has 0 heterocycles. The van der Waals surface area contributed by atoms with Crippen molar-refractivity contribution < 1.29 is 14.2 Å². The molecule has 0 saturated heterocycles. The molecular formula is C16H16Cl2N2O3S. The van der Waals surface area contributed by atoms with Crippen LogP contribution in [-0.4, -0.2) is 26.4 Å². The van der Waals surface area contributed by atoms with Crippen molar-refractivity contribution in [2.75, 3.05) is 32.0 Å². The summed E-state index contributed by atoms with van der Waals surface area (Å²) in [5.74, 6) is 1.65. The van der Waals surface area contributed by atoms with E-state index in [0.29, 0.717) is 43.8 Å². The molecule has 0 aliphatic heterocycles. The maximum absolute atomic E-state index is 6.09. The van der Waals surface area contributed by atoms with Crippen LogP contribution in [0.25, 0.3) is 0 Å². The zero-order valence-corrected chi connectivity index (χ0v) is 15.6. The highest BCUT2D eigenvalue weighted by Crippen LogP contribution is 2.36. The highest BCUT2D eigenvalue weighted by Gasteiger charge is 2.12. The van der Waals surface area contributed by atoms with Crippen molar-refractivity contribution in [3.8, 4) is 17.2 Å². The van der Waals surface area contributed by atoms with Crippen molar-refractivity contribution in [2.24, 2.45) is 0 Å². The first-order chi connectivity index (χ1) is 11.5. The molecule has 2 aromatic rings. The number of anilines is 2. The first-order valence-electron chi connectivity index (χ1n) is 6.81. The Morgan fingerprint density at radius 1 is 0.833 bits per heavy atom. The number of methoxy groups -OCH3 is 3. The summed E-state index contributed by atoms with van der Waals surface area (Å²) in [5.41, 5.74) is 1.25. The lowest BCUT2D eigenvalue weighted by Gasteiger charge is -2.16. The highest BCUT2D eigenvalue weighted by molar-refractivity contribution is 7.80. The molecule has 2 rings (SSSR count). The number of nitrogens with one attached hydrogen (secondary N) is 2. The van der Waals surface area contributed by atoms with Crippen molar-refractivity contribution in [2.45, 2.75) is 0 Å². The number of ether oxygens (including phenoxy) is 3. The van der Waals surface area contributed by atoms with Crippen LogP contribution in [0.3, 0.4) is 0 Å². The molecule has 2 N–H and O–H groups in total. The summed E-state index contributed by atoms with van der Waals surface area (Å²) >= 11 is 17.4. The number of rotatable bonds is 5. The minimum Gasteiger partial charge on any atom is -0.495 e. The second kappa shape index (κ2) is 8.28. The van der Waals surface area contributed by atoms with Gasteiger partial charge in [0, 0.05) is 17.2 Å². The average molecular weight is 387 g/mol. The Morgan fingerprint density at radius 3 is 2.00 bits per heavy atom. The van der Waals surface area contributed by atoms with Gasteiger partial charge in [-0.3, -0.25) is 0 Å². The molecule has 5 nitrogen and oxygen atoms in total. The van der Waals surface area contributed by atoms with Crippen LogP contribution in [0.2, 0.25) is 10.0 Å². The van der Waals surface area contributed by atoms with Crippen LogP contribution in [-0.2, 0) is 0 Å². The van der Waals surface area contributed by atoms with E-state index in [-0.39, 0.29) is 0 Å². The molecule has 24 heavy (non-hydrogen) atoms. The Morgan fingerprint density at radius 2 is 1.42 bits per heavy atom. The van der Waals surface area contributed by atoms with Crippen LogP contribution in [0.15, 0.2) is 30.3 Å². The van der Waals surface area contributed by atoms with E-state index in [1.807, 2.05) is 0 Å². The fourth-order valence-corrected chi connectivity index (χ4v) is 2.63. The standard InChI is InChI=1S/C16H16Cl2N2O3S/c1-21-13-5-4-9(17)6-11(13)19-16(24)20-12-8-14(22-2)10(18)7-15(12)23-3/h4-8H,1-3H3,(H2,19,20,24). The lowest BCUT2D eigenvalue weighted by molar-refractivity contribution is 0.405. The van der Waals surface area contributed by atoms with Gasteiger partial charge < -0.3 is 24.8 Å². The molecular weight excluding hydrogens is 371 g/mol. The molecule has 0 radical (unpaired) electrons. The van der Waals surface area contributed by atoms with Gasteiger partial charge in [-0.15, -0.1) is 0 Å². The first-order valence-corrected chi connectivity index (χ1v) is 7.98. The normalized spacial score (nSPS) is 10.0. The van der Waals surface area contributed by atoms with Crippen molar-refractivity contribution in [3.63, 3.8) is 0 Å². The van der Waals surface area contributed by atoms with Gasteiger partial charge in [-0.25, -0.2) is 0 Å². The number of hydrogen-bond acceptors (Lipinski definition) is 4. The van der Waals surface area contributed by atoms with Crippen molar-refractivity contribution in [3.05, 3.63) is 40.4 Å². The number of thiocarbonyl (C=S) groups is 1. The number of benzene rings is 2. The zero-order chi connectivity index (χ0) is 17.7. The largest absolute Gasteiger partial charge is 0.495 e. The van der Waals surface area contributed by atoms with Crippen molar-refractivity contribution in [1.82, 2.24) is 0 Å². The zero-order valence-electron chi connectivity index (χ0n) is 13.3. The predicted molar refractivity (Wildman–Crippen MR) is 102 cm³/mol. The molecule has 0 aromatic heterocycles. The van der Waals surface area contributed by atoms with E-state index in [4.69, 9.17) is 49.6 Å². The van der Waals surface area contributed by atoms with Crippen LogP contribution in [0.1, 0.15) is 0 Å². The molecule has 0 atom stereocenters. The van der Waals surface area contributed by atoms with E-state index in [9.17, 15) is 0 Å². The smallest absolute Gasteiger partial charge is 0.175 e. The molecule has 0 aliphatic rings. The molecule has 0 bridgehead atoms. The topological polar surface area (TPSA) is 51.8 Å². The molecule has 128 valence electrons. The third kappa shape index (κ3) is 4.35. The molecule has 2 aromatic carbocycles. The molecule has 0 spiro atoms. The highest BCUT2D eigenvalue weighted by atomic mass is 35.5. The summed E-state index contributed by atoms with van der Waals surface area (Å²) in [5, 5.41) is 7.41. The fraction of sp³-hybridized carbons (Fsp3) is 0.188. The number of hydrogen-bond donors (Lipinski definition) is 2. The predicted octanol–water partition coefficient (Wildman–Crippen LogP) is 4.83. The number of halogens is 2. The Balaban J connectivity index is 2.22. The van der Waals surface area contributed by atoms with Crippen molar-refractivity contribution in [1.29, 1.82) is 0 Å². The Kier molecular flexibility index (Phi) is 6.36. The maximum atomic E-state index is 6.09. The lowest BCUT2D eigenvalue weighted by atomic mass is 10.2. The van der Waals surface area contributed by atoms with E-state index < -0.39 is 0 Å². The van der Waals surface area contributed by atoms with Gasteiger partial charge in [-0.05, 0) is 30.4 Å². The first kappa shape index (κ1) is 18.4. The Labute approximate surface area is 155 Å². The van der Waals surface area contributed by atoms with Crippen LogP contribution in [0.4, 0.5) is 11.4 Å². The summed E-state index contributed by atoms with van der Waals surface area (Å²) in [6, 6.07) is 8.54. The summed E-state index contributed by atoms with van der Waals surface area (Å²) in [7, 11) is 4.64. The summed E-state index contributed by atoms with van der Waals surface area (Å²) in [6.45, 7) is 0. The van der Waals surface area contributed by atoms with E-state index in [1.54, 1.807) is 44.6 Å². The van der Waals surface area contributed by atoms with Gasteiger partial charge >= 0.3 is 0 Å². The molecule has 0 fully saturated rings. The fourth-order valence-electron chi connectivity index (χ4n) is 2.01. The maximum Gasteiger partial charge on any atom is 0.175 e. The molecule has 0 aliphatic carbocycles. The summed E-state index contributed by atoms with van der Waals surface area (Å²) < 4.78 is 15.8. The Bertz CT molecular complexity index is 756. The summed E-state index contributed by atoms with van der Waals surface area (Å²) in [6.07, 6.45) is 0. The molecule has 0 amide bonds. The minimum atomic E-state index is 0.332. The van der Waals surface area contributed by atoms with E-state index in [2.05, 4.69) is 10.6 Å². The summed E-state index contributed by atoms with van der Waals surface area (Å²) in [4.78, 5) is 0. The van der Waals surface area contributed by atoms with E-state index in [1.165, 1.54) is 7.11 Å². The average Bonchev–Trinajstić information content (AvgIpc) is 2.56. The Hall–Kier alpha value is -1.89. The SMILES string of the molecule is COc1cc(NC(=S)Nc2cc(Cl)ccc2OC)c(OC)cc1Cl. The van der Waals surface area contributed by atoms with Crippen LogP contribution in [0.5, 0.6) is 17.2 Å². The van der Waals surface area contributed by atoms with Gasteiger partial charge in [0.2, 0.25) is 0 Å². The second-order valence-electron chi connectivity index (χ2n) is 4.61.